The Balaban J connectivity index is 1.66. The molecule has 34 heavy (non-hydrogen) atoms. The molecule has 1 aliphatic rings. The molecule has 0 aliphatic carbocycles. The van der Waals surface area contributed by atoms with Crippen LogP contribution < -0.4 is 20.1 Å². The fourth-order valence-corrected chi connectivity index (χ4v) is 4.19. The van der Waals surface area contributed by atoms with Crippen molar-refractivity contribution in [3.05, 3.63) is 83.1 Å². The van der Waals surface area contributed by atoms with Crippen molar-refractivity contribution in [2.75, 3.05) is 6.61 Å². The molecule has 6 nitrogen and oxygen atoms in total. The Labute approximate surface area is 200 Å². The molecule has 1 heterocycles. The minimum absolute atomic E-state index is 0.330. The van der Waals surface area contributed by atoms with Gasteiger partial charge in [0.05, 0.1) is 24.3 Å². The Bertz CT molecular complexity index is 1290. The van der Waals surface area contributed by atoms with Gasteiger partial charge in [-0.3, -0.25) is 0 Å². The summed E-state index contributed by atoms with van der Waals surface area (Å²) < 4.78 is 12.1. The topological polar surface area (TPSA) is 83.4 Å². The largest absolute Gasteiger partial charge is 0.490 e. The van der Waals surface area contributed by atoms with Crippen LogP contribution in [0.3, 0.4) is 0 Å². The van der Waals surface area contributed by atoms with E-state index >= 15 is 0 Å². The van der Waals surface area contributed by atoms with Crippen molar-refractivity contribution in [1.82, 2.24) is 10.6 Å². The van der Waals surface area contributed by atoms with E-state index in [2.05, 4.69) is 41.0 Å². The number of carbonyl (C=O) groups excluding carboxylic acids is 1. The lowest BCUT2D eigenvalue weighted by atomic mass is 9.84. The predicted molar refractivity (Wildman–Crippen MR) is 132 cm³/mol. The Morgan fingerprint density at radius 3 is 2.50 bits per heavy atom. The molecule has 0 saturated carbocycles. The van der Waals surface area contributed by atoms with Gasteiger partial charge >= 0.3 is 6.03 Å². The molecule has 2 N–H and O–H groups in total. The summed E-state index contributed by atoms with van der Waals surface area (Å²) in [5.41, 5.74) is 2.57. The Morgan fingerprint density at radius 2 is 1.76 bits per heavy atom. The van der Waals surface area contributed by atoms with E-state index in [-0.39, 0.29) is 11.4 Å². The Kier molecular flexibility index (Phi) is 6.47. The fraction of sp³-hybridized carbons (Fsp3) is 0.286. The first kappa shape index (κ1) is 23.2. The number of benzene rings is 3. The molecule has 0 bridgehead atoms. The van der Waals surface area contributed by atoms with Crippen molar-refractivity contribution < 1.29 is 14.3 Å². The number of allylic oxidation sites excluding steroid dienone is 1. The summed E-state index contributed by atoms with van der Waals surface area (Å²) in [6.07, 6.45) is 0. The van der Waals surface area contributed by atoms with Gasteiger partial charge in [0.1, 0.15) is 6.61 Å². The zero-order valence-corrected chi connectivity index (χ0v) is 19.9. The summed E-state index contributed by atoms with van der Waals surface area (Å²) in [6, 6.07) is 21.3. The van der Waals surface area contributed by atoms with Gasteiger partial charge in [0.2, 0.25) is 0 Å². The molecule has 0 saturated heterocycles. The molecule has 0 unspecified atom stereocenters. The highest BCUT2D eigenvalue weighted by molar-refractivity contribution is 5.85. The number of nitrogens with zero attached hydrogens (tertiary/aromatic N) is 1. The second-order valence-corrected chi connectivity index (χ2v) is 9.25. The lowest BCUT2D eigenvalue weighted by Gasteiger charge is -2.33. The number of hydrogen-bond donors (Lipinski definition) is 2. The maximum absolute atomic E-state index is 12.4. The average Bonchev–Trinajstić information content (AvgIpc) is 2.82. The monoisotopic (exact) mass is 455 g/mol. The van der Waals surface area contributed by atoms with E-state index in [0.717, 1.165) is 21.9 Å². The molecule has 4 rings (SSSR count). The standard InChI is InChI=1S/C28H29N3O3/c1-5-33-24-15-19(25-22(16-29)26(28(2,3)4)31-27(32)30-25)13-14-23(24)34-17-20-11-8-10-18-9-6-7-12-21(18)20/h6-15,25H,5,17H2,1-4H3,(H2,30,31,32)/t25-/m1/s1. The Hall–Kier alpha value is -3.98. The van der Waals surface area contributed by atoms with Crippen molar-refractivity contribution in [1.29, 1.82) is 5.26 Å². The molecule has 174 valence electrons. The van der Waals surface area contributed by atoms with E-state index < -0.39 is 6.04 Å². The van der Waals surface area contributed by atoms with Crippen LogP contribution in [0.1, 0.15) is 44.9 Å². The third-order valence-electron chi connectivity index (χ3n) is 5.81. The summed E-state index contributed by atoms with van der Waals surface area (Å²) in [5, 5.41) is 17.9. The van der Waals surface area contributed by atoms with Crippen LogP contribution in [-0.2, 0) is 6.61 Å². The molecule has 0 aromatic heterocycles. The maximum atomic E-state index is 12.4. The number of nitriles is 1. The molecule has 1 aliphatic heterocycles. The zero-order valence-electron chi connectivity index (χ0n) is 19.9. The average molecular weight is 456 g/mol. The molecule has 0 fully saturated rings. The minimum Gasteiger partial charge on any atom is -0.490 e. The summed E-state index contributed by atoms with van der Waals surface area (Å²) in [7, 11) is 0. The summed E-state index contributed by atoms with van der Waals surface area (Å²) in [5.74, 6) is 1.18. The van der Waals surface area contributed by atoms with E-state index in [4.69, 9.17) is 9.47 Å². The molecule has 3 aromatic carbocycles. The number of rotatable bonds is 6. The maximum Gasteiger partial charge on any atom is 0.319 e. The van der Waals surface area contributed by atoms with Crippen molar-refractivity contribution in [3.63, 3.8) is 0 Å². The molecule has 2 amide bonds. The van der Waals surface area contributed by atoms with Gasteiger partial charge < -0.3 is 20.1 Å². The predicted octanol–water partition coefficient (Wildman–Crippen LogP) is 6.00. The normalized spacial score (nSPS) is 16.0. The molecule has 1 atom stereocenters. The molecule has 0 radical (unpaired) electrons. The number of carbonyl (C=O) groups is 1. The van der Waals surface area contributed by atoms with Gasteiger partial charge in [-0.05, 0) is 41.0 Å². The van der Waals surface area contributed by atoms with Gasteiger partial charge in [-0.25, -0.2) is 4.79 Å². The number of nitrogens with one attached hydrogen (secondary N) is 2. The lowest BCUT2D eigenvalue weighted by Crippen LogP contribution is -2.46. The van der Waals surface area contributed by atoms with Crippen LogP contribution in [0.15, 0.2) is 71.9 Å². The summed E-state index contributed by atoms with van der Waals surface area (Å²) in [4.78, 5) is 12.4. The van der Waals surface area contributed by atoms with E-state index in [1.54, 1.807) is 0 Å². The quantitative estimate of drug-likeness (QED) is 0.478. The molecule has 3 aromatic rings. The highest BCUT2D eigenvalue weighted by Crippen LogP contribution is 2.38. The van der Waals surface area contributed by atoms with Crippen molar-refractivity contribution in [2.24, 2.45) is 5.41 Å². The van der Waals surface area contributed by atoms with Gasteiger partial charge in [-0.15, -0.1) is 0 Å². The van der Waals surface area contributed by atoms with Crippen molar-refractivity contribution >= 4 is 16.8 Å². The van der Waals surface area contributed by atoms with Crippen LogP contribution in [0.2, 0.25) is 0 Å². The van der Waals surface area contributed by atoms with E-state index in [1.807, 2.05) is 64.1 Å². The SMILES string of the molecule is CCOc1cc([C@H]2NC(=O)NC(C(C)(C)C)=C2C#N)ccc1OCc1cccc2ccccc12. The van der Waals surface area contributed by atoms with E-state index in [9.17, 15) is 10.1 Å². The smallest absolute Gasteiger partial charge is 0.319 e. The minimum atomic E-state index is -0.570. The number of fused-ring (bicyclic) bond motifs is 1. The Morgan fingerprint density at radius 1 is 1.00 bits per heavy atom. The number of hydrogen-bond acceptors (Lipinski definition) is 4. The highest BCUT2D eigenvalue weighted by atomic mass is 16.5. The highest BCUT2D eigenvalue weighted by Gasteiger charge is 2.34. The third kappa shape index (κ3) is 4.69. The third-order valence-corrected chi connectivity index (χ3v) is 5.81. The molecule has 6 heteroatoms. The molecule has 0 spiro atoms. The zero-order chi connectivity index (χ0) is 24.3. The van der Waals surface area contributed by atoms with Gasteiger partial charge in [0.15, 0.2) is 11.5 Å². The van der Waals surface area contributed by atoms with Gasteiger partial charge in [0, 0.05) is 11.1 Å². The first-order chi connectivity index (χ1) is 16.3. The van der Waals surface area contributed by atoms with Crippen molar-refractivity contribution in [3.8, 4) is 17.6 Å². The second kappa shape index (κ2) is 9.48. The van der Waals surface area contributed by atoms with E-state index in [0.29, 0.717) is 36.0 Å². The molecular weight excluding hydrogens is 426 g/mol. The van der Waals surface area contributed by atoms with Crippen LogP contribution in [0.25, 0.3) is 10.8 Å². The number of amides is 2. The molecular formula is C28H29N3O3. The van der Waals surface area contributed by atoms with Crippen LogP contribution in [0, 0.1) is 16.7 Å². The van der Waals surface area contributed by atoms with Gasteiger partial charge in [-0.2, -0.15) is 5.26 Å². The first-order valence-corrected chi connectivity index (χ1v) is 11.4. The first-order valence-electron chi connectivity index (χ1n) is 11.4. The van der Waals surface area contributed by atoms with Crippen LogP contribution in [-0.4, -0.2) is 12.6 Å². The second-order valence-electron chi connectivity index (χ2n) is 9.25. The van der Waals surface area contributed by atoms with Gasteiger partial charge in [0.25, 0.3) is 0 Å². The summed E-state index contributed by atoms with van der Waals surface area (Å²) in [6.45, 7) is 8.67. The lowest BCUT2D eigenvalue weighted by molar-refractivity contribution is 0.235. The fourth-order valence-electron chi connectivity index (χ4n) is 4.19. The number of urea groups is 1. The van der Waals surface area contributed by atoms with Crippen LogP contribution >= 0.6 is 0 Å². The van der Waals surface area contributed by atoms with Gasteiger partial charge in [-0.1, -0.05) is 69.3 Å². The van der Waals surface area contributed by atoms with E-state index in [1.165, 1.54) is 0 Å². The van der Waals surface area contributed by atoms with Crippen LogP contribution in [0.4, 0.5) is 4.79 Å². The summed E-state index contributed by atoms with van der Waals surface area (Å²) >= 11 is 0. The van der Waals surface area contributed by atoms with Crippen LogP contribution in [0.5, 0.6) is 11.5 Å². The number of ether oxygens (including phenoxy) is 2. The van der Waals surface area contributed by atoms with Crippen molar-refractivity contribution in [2.45, 2.75) is 40.3 Å².